The lowest BCUT2D eigenvalue weighted by Gasteiger charge is -2.03. The van der Waals surface area contributed by atoms with Crippen LogP contribution >= 0.6 is 0 Å². The SMILES string of the molecule is O=CCCCCC(=O)Oc1cccc([N+](=O)[O-])c1. The minimum atomic E-state index is -0.554. The van der Waals surface area contributed by atoms with Crippen molar-refractivity contribution in [2.45, 2.75) is 25.7 Å². The first kappa shape index (κ1) is 13.8. The van der Waals surface area contributed by atoms with Gasteiger partial charge in [0.15, 0.2) is 0 Å². The van der Waals surface area contributed by atoms with Crippen LogP contribution < -0.4 is 4.74 Å². The molecule has 0 aromatic heterocycles. The lowest BCUT2D eigenvalue weighted by molar-refractivity contribution is -0.384. The summed E-state index contributed by atoms with van der Waals surface area (Å²) in [6.45, 7) is 0. The van der Waals surface area contributed by atoms with Gasteiger partial charge in [-0.2, -0.15) is 0 Å². The monoisotopic (exact) mass is 251 g/mol. The number of carbonyl (C=O) groups is 2. The first-order chi connectivity index (χ1) is 8.63. The minimum Gasteiger partial charge on any atom is -0.426 e. The Morgan fingerprint density at radius 1 is 1.39 bits per heavy atom. The van der Waals surface area contributed by atoms with Gasteiger partial charge in [0, 0.05) is 18.9 Å². The average molecular weight is 251 g/mol. The maximum absolute atomic E-state index is 11.4. The van der Waals surface area contributed by atoms with Gasteiger partial charge in [0.25, 0.3) is 5.69 Å². The molecule has 6 heteroatoms. The van der Waals surface area contributed by atoms with Crippen molar-refractivity contribution in [1.29, 1.82) is 0 Å². The summed E-state index contributed by atoms with van der Waals surface area (Å²) in [7, 11) is 0. The molecule has 0 atom stereocenters. The Morgan fingerprint density at radius 3 is 2.83 bits per heavy atom. The van der Waals surface area contributed by atoms with Gasteiger partial charge in [-0.25, -0.2) is 0 Å². The number of non-ortho nitro benzene ring substituents is 1. The smallest absolute Gasteiger partial charge is 0.311 e. The van der Waals surface area contributed by atoms with E-state index in [9.17, 15) is 19.7 Å². The molecule has 0 amide bonds. The first-order valence-corrected chi connectivity index (χ1v) is 5.52. The summed E-state index contributed by atoms with van der Waals surface area (Å²) >= 11 is 0. The van der Waals surface area contributed by atoms with Crippen molar-refractivity contribution in [3.63, 3.8) is 0 Å². The fourth-order valence-electron chi connectivity index (χ4n) is 1.34. The van der Waals surface area contributed by atoms with E-state index in [4.69, 9.17) is 4.74 Å². The molecule has 0 bridgehead atoms. The molecular weight excluding hydrogens is 238 g/mol. The predicted molar refractivity (Wildman–Crippen MR) is 63.3 cm³/mol. The van der Waals surface area contributed by atoms with Crippen molar-refractivity contribution in [2.24, 2.45) is 0 Å². The number of ether oxygens (including phenoxy) is 1. The number of hydrogen-bond donors (Lipinski definition) is 0. The molecule has 1 aromatic carbocycles. The van der Waals surface area contributed by atoms with Gasteiger partial charge in [0.1, 0.15) is 12.0 Å². The van der Waals surface area contributed by atoms with Crippen LogP contribution in [0.2, 0.25) is 0 Å². The van der Waals surface area contributed by atoms with Crippen molar-refractivity contribution >= 4 is 17.9 Å². The highest BCUT2D eigenvalue weighted by molar-refractivity contribution is 5.72. The van der Waals surface area contributed by atoms with E-state index in [1.807, 2.05) is 0 Å². The van der Waals surface area contributed by atoms with Gasteiger partial charge in [-0.3, -0.25) is 14.9 Å². The van der Waals surface area contributed by atoms with Crippen LogP contribution in [0.15, 0.2) is 24.3 Å². The number of hydrogen-bond acceptors (Lipinski definition) is 5. The molecule has 6 nitrogen and oxygen atoms in total. The number of carbonyl (C=O) groups excluding carboxylic acids is 2. The Labute approximate surface area is 104 Å². The highest BCUT2D eigenvalue weighted by Crippen LogP contribution is 2.19. The van der Waals surface area contributed by atoms with Gasteiger partial charge in [-0.15, -0.1) is 0 Å². The fraction of sp³-hybridized carbons (Fsp3) is 0.333. The molecule has 0 spiro atoms. The molecule has 0 radical (unpaired) electrons. The molecule has 0 aliphatic carbocycles. The summed E-state index contributed by atoms with van der Waals surface area (Å²) in [4.78, 5) is 31.4. The highest BCUT2D eigenvalue weighted by Gasteiger charge is 2.09. The number of benzene rings is 1. The summed E-state index contributed by atoms with van der Waals surface area (Å²) in [6, 6.07) is 5.45. The zero-order valence-corrected chi connectivity index (χ0v) is 9.70. The second-order valence-corrected chi connectivity index (χ2v) is 3.64. The van der Waals surface area contributed by atoms with Gasteiger partial charge in [-0.05, 0) is 18.9 Å². The molecule has 0 unspecified atom stereocenters. The maximum atomic E-state index is 11.4. The van der Waals surface area contributed by atoms with E-state index in [0.717, 1.165) is 6.29 Å². The zero-order valence-electron chi connectivity index (χ0n) is 9.70. The van der Waals surface area contributed by atoms with Crippen LogP contribution in [0.1, 0.15) is 25.7 Å². The van der Waals surface area contributed by atoms with Crippen LogP contribution in [0, 0.1) is 10.1 Å². The van der Waals surface area contributed by atoms with Gasteiger partial charge >= 0.3 is 5.97 Å². The Kier molecular flexibility index (Phi) is 5.50. The lowest BCUT2D eigenvalue weighted by atomic mass is 10.2. The van der Waals surface area contributed by atoms with E-state index in [1.54, 1.807) is 0 Å². The van der Waals surface area contributed by atoms with Crippen LogP contribution in [-0.4, -0.2) is 17.2 Å². The van der Waals surface area contributed by atoms with Crippen molar-refractivity contribution in [3.8, 4) is 5.75 Å². The summed E-state index contributed by atoms with van der Waals surface area (Å²) in [6.07, 6.45) is 2.60. The van der Waals surface area contributed by atoms with E-state index in [0.29, 0.717) is 19.3 Å². The quantitative estimate of drug-likeness (QED) is 0.185. The van der Waals surface area contributed by atoms with Crippen LogP contribution in [0.4, 0.5) is 5.69 Å². The van der Waals surface area contributed by atoms with Crippen LogP contribution in [0.5, 0.6) is 5.75 Å². The second-order valence-electron chi connectivity index (χ2n) is 3.64. The van der Waals surface area contributed by atoms with E-state index in [1.165, 1.54) is 24.3 Å². The highest BCUT2D eigenvalue weighted by atomic mass is 16.6. The van der Waals surface area contributed by atoms with Gasteiger partial charge in [0.2, 0.25) is 0 Å². The molecule has 0 fully saturated rings. The molecule has 0 aliphatic rings. The van der Waals surface area contributed by atoms with Gasteiger partial charge < -0.3 is 9.53 Å². The standard InChI is InChI=1S/C12H13NO5/c14-8-3-1-2-7-12(15)18-11-6-4-5-10(9-11)13(16)17/h4-6,8-9H,1-3,7H2. The molecule has 0 aliphatic heterocycles. The molecule has 0 heterocycles. The van der Waals surface area contributed by atoms with E-state index in [-0.39, 0.29) is 17.9 Å². The molecule has 18 heavy (non-hydrogen) atoms. The zero-order chi connectivity index (χ0) is 13.4. The summed E-state index contributed by atoms with van der Waals surface area (Å²) in [5.41, 5.74) is -0.124. The Hall–Kier alpha value is -2.24. The third-order valence-electron chi connectivity index (χ3n) is 2.21. The second kappa shape index (κ2) is 7.16. The van der Waals surface area contributed by atoms with Crippen LogP contribution in [0.3, 0.4) is 0 Å². The molecule has 0 saturated heterocycles. The molecular formula is C12H13NO5. The van der Waals surface area contributed by atoms with Gasteiger partial charge in [-0.1, -0.05) is 6.07 Å². The average Bonchev–Trinajstić information content (AvgIpc) is 2.35. The predicted octanol–water partition coefficient (Wildman–Crippen LogP) is 2.26. The van der Waals surface area contributed by atoms with Crippen LogP contribution in [-0.2, 0) is 9.59 Å². The third-order valence-corrected chi connectivity index (χ3v) is 2.21. The number of nitro benzene ring substituents is 1. The Balaban J connectivity index is 2.46. The molecule has 96 valence electrons. The third kappa shape index (κ3) is 4.73. The van der Waals surface area contributed by atoms with E-state index >= 15 is 0 Å². The summed E-state index contributed by atoms with van der Waals surface area (Å²) < 4.78 is 4.95. The Bertz CT molecular complexity index is 444. The molecule has 1 rings (SSSR count). The molecule has 1 aromatic rings. The minimum absolute atomic E-state index is 0.124. The molecule has 0 saturated carbocycles. The van der Waals surface area contributed by atoms with Crippen molar-refractivity contribution in [2.75, 3.05) is 0 Å². The largest absolute Gasteiger partial charge is 0.426 e. The van der Waals surface area contributed by atoms with Gasteiger partial charge in [0.05, 0.1) is 11.0 Å². The number of esters is 1. The lowest BCUT2D eigenvalue weighted by Crippen LogP contribution is -2.07. The van der Waals surface area contributed by atoms with Crippen molar-refractivity contribution in [3.05, 3.63) is 34.4 Å². The van der Waals surface area contributed by atoms with E-state index < -0.39 is 10.9 Å². The maximum Gasteiger partial charge on any atom is 0.311 e. The number of nitro groups is 1. The van der Waals surface area contributed by atoms with Crippen molar-refractivity contribution < 1.29 is 19.2 Å². The van der Waals surface area contributed by atoms with E-state index in [2.05, 4.69) is 0 Å². The summed E-state index contributed by atoms with van der Waals surface area (Å²) in [5.74, 6) is -0.300. The number of nitrogens with zero attached hydrogens (tertiary/aromatic N) is 1. The fourth-order valence-corrected chi connectivity index (χ4v) is 1.34. The number of rotatable bonds is 7. The van der Waals surface area contributed by atoms with Crippen LogP contribution in [0.25, 0.3) is 0 Å². The molecule has 0 N–H and O–H groups in total. The van der Waals surface area contributed by atoms with Crippen molar-refractivity contribution in [1.82, 2.24) is 0 Å². The summed E-state index contributed by atoms with van der Waals surface area (Å²) in [5, 5.41) is 10.5. The number of unbranched alkanes of at least 4 members (excludes halogenated alkanes) is 2. The normalized spacial score (nSPS) is 9.78. The Morgan fingerprint density at radius 2 is 2.17 bits per heavy atom. The topological polar surface area (TPSA) is 86.5 Å². The number of aldehydes is 1. The first-order valence-electron chi connectivity index (χ1n) is 5.52.